The molecule has 4 rings (SSSR count). The first-order chi connectivity index (χ1) is 16.4. The van der Waals surface area contributed by atoms with E-state index in [0.29, 0.717) is 16.9 Å². The maximum absolute atomic E-state index is 13.7. The van der Waals surface area contributed by atoms with Gasteiger partial charge in [0.05, 0.1) is 6.20 Å². The molecule has 0 saturated carbocycles. The summed E-state index contributed by atoms with van der Waals surface area (Å²) in [5, 5.41) is 2.81. The molecule has 4 aromatic rings. The number of carbonyl (C=O) groups excluding carboxylic acids is 2. The van der Waals surface area contributed by atoms with Crippen LogP contribution in [-0.2, 0) is 4.79 Å². The summed E-state index contributed by atoms with van der Waals surface area (Å²) in [6, 6.07) is 19.2. The molecule has 1 atom stereocenters. The molecule has 1 N–H and O–H groups in total. The second-order valence-electron chi connectivity index (χ2n) is 7.91. The summed E-state index contributed by atoms with van der Waals surface area (Å²) in [5.74, 6) is -1.34. The number of nitrogens with one attached hydrogen (secondary N) is 1. The Kier molecular flexibility index (Phi) is 6.73. The molecule has 0 aliphatic rings. The lowest BCUT2D eigenvalue weighted by molar-refractivity contribution is -0.117. The molecule has 2 amide bonds. The highest BCUT2D eigenvalue weighted by Gasteiger charge is 2.34. The Morgan fingerprint density at radius 1 is 0.853 bits per heavy atom. The Balaban J connectivity index is 1.83. The van der Waals surface area contributed by atoms with E-state index in [1.165, 1.54) is 47.8 Å². The lowest BCUT2D eigenvalue weighted by Crippen LogP contribution is -2.42. The van der Waals surface area contributed by atoms with Gasteiger partial charge in [0, 0.05) is 23.8 Å². The highest BCUT2D eigenvalue weighted by molar-refractivity contribution is 6.11. The molecule has 0 bridgehead atoms. The van der Waals surface area contributed by atoms with Crippen LogP contribution in [0, 0.1) is 19.7 Å². The van der Waals surface area contributed by atoms with Crippen LogP contribution in [0.3, 0.4) is 0 Å². The standard InChI is InChI=1S/C27H23FN4O2/c1-18-3-7-20(8-4-18)25(26(33)31-22-11-9-21(28)10-12-22)32(23-13-5-19(2)6-14-23)27(34)24-17-29-15-16-30-24/h3-17,25H,1-2H3,(H,31,33). The summed E-state index contributed by atoms with van der Waals surface area (Å²) in [6.45, 7) is 3.89. The van der Waals surface area contributed by atoms with Crippen molar-refractivity contribution in [2.45, 2.75) is 19.9 Å². The van der Waals surface area contributed by atoms with E-state index in [0.717, 1.165) is 11.1 Å². The molecule has 34 heavy (non-hydrogen) atoms. The number of hydrogen-bond acceptors (Lipinski definition) is 4. The van der Waals surface area contributed by atoms with E-state index < -0.39 is 23.7 Å². The van der Waals surface area contributed by atoms with Crippen LogP contribution in [0.2, 0.25) is 0 Å². The van der Waals surface area contributed by atoms with Gasteiger partial charge in [0.2, 0.25) is 0 Å². The fourth-order valence-electron chi connectivity index (χ4n) is 3.53. The number of carbonyl (C=O) groups is 2. The zero-order valence-corrected chi connectivity index (χ0v) is 18.8. The van der Waals surface area contributed by atoms with E-state index >= 15 is 0 Å². The van der Waals surface area contributed by atoms with Crippen LogP contribution < -0.4 is 10.2 Å². The fraction of sp³-hybridized carbons (Fsp3) is 0.111. The maximum Gasteiger partial charge on any atom is 0.279 e. The Bertz CT molecular complexity index is 1280. The van der Waals surface area contributed by atoms with Crippen LogP contribution in [0.15, 0.2) is 91.4 Å². The first-order valence-electron chi connectivity index (χ1n) is 10.7. The van der Waals surface area contributed by atoms with Crippen molar-refractivity contribution in [3.05, 3.63) is 120 Å². The van der Waals surface area contributed by atoms with Crippen LogP contribution in [0.4, 0.5) is 15.8 Å². The van der Waals surface area contributed by atoms with Gasteiger partial charge in [0.25, 0.3) is 11.8 Å². The van der Waals surface area contributed by atoms with Gasteiger partial charge in [-0.05, 0) is 55.8 Å². The molecule has 3 aromatic carbocycles. The first-order valence-corrected chi connectivity index (χ1v) is 10.7. The zero-order chi connectivity index (χ0) is 24.1. The lowest BCUT2D eigenvalue weighted by Gasteiger charge is -2.31. The average Bonchev–Trinajstić information content (AvgIpc) is 2.85. The van der Waals surface area contributed by atoms with Gasteiger partial charge in [-0.25, -0.2) is 9.37 Å². The maximum atomic E-state index is 13.7. The van der Waals surface area contributed by atoms with Crippen molar-refractivity contribution in [2.75, 3.05) is 10.2 Å². The first kappa shape index (κ1) is 22.8. The number of aromatic nitrogens is 2. The topological polar surface area (TPSA) is 75.2 Å². The third-order valence-electron chi connectivity index (χ3n) is 5.32. The smallest absolute Gasteiger partial charge is 0.279 e. The second kappa shape index (κ2) is 10.0. The largest absolute Gasteiger partial charge is 0.324 e. The van der Waals surface area contributed by atoms with Gasteiger partial charge in [0.1, 0.15) is 17.6 Å². The third-order valence-corrected chi connectivity index (χ3v) is 5.32. The Morgan fingerprint density at radius 2 is 1.47 bits per heavy atom. The molecular formula is C27H23FN4O2. The van der Waals surface area contributed by atoms with E-state index in [1.54, 1.807) is 12.1 Å². The number of halogens is 1. The molecule has 0 radical (unpaired) electrons. The van der Waals surface area contributed by atoms with Crippen molar-refractivity contribution >= 4 is 23.2 Å². The Hall–Kier alpha value is -4.39. The van der Waals surface area contributed by atoms with Gasteiger partial charge in [-0.2, -0.15) is 0 Å². The van der Waals surface area contributed by atoms with Crippen LogP contribution in [0.25, 0.3) is 0 Å². The van der Waals surface area contributed by atoms with E-state index in [9.17, 15) is 14.0 Å². The number of benzene rings is 3. The minimum atomic E-state index is -1.03. The van der Waals surface area contributed by atoms with Crippen molar-refractivity contribution in [1.82, 2.24) is 9.97 Å². The minimum Gasteiger partial charge on any atom is -0.324 e. The molecule has 1 heterocycles. The van der Waals surface area contributed by atoms with E-state index in [2.05, 4.69) is 15.3 Å². The number of nitrogens with zero attached hydrogens (tertiary/aromatic N) is 3. The molecule has 0 spiro atoms. The molecule has 0 saturated heterocycles. The van der Waals surface area contributed by atoms with Gasteiger partial charge in [-0.15, -0.1) is 0 Å². The van der Waals surface area contributed by atoms with Crippen molar-refractivity contribution in [2.24, 2.45) is 0 Å². The lowest BCUT2D eigenvalue weighted by atomic mass is 10.0. The van der Waals surface area contributed by atoms with Gasteiger partial charge in [-0.3, -0.25) is 19.5 Å². The molecule has 7 heteroatoms. The molecule has 6 nitrogen and oxygen atoms in total. The van der Waals surface area contributed by atoms with E-state index in [4.69, 9.17) is 0 Å². The monoisotopic (exact) mass is 454 g/mol. The number of hydrogen-bond donors (Lipinski definition) is 1. The molecule has 0 aliphatic heterocycles. The summed E-state index contributed by atoms with van der Waals surface area (Å²) in [7, 11) is 0. The summed E-state index contributed by atoms with van der Waals surface area (Å²) < 4.78 is 13.4. The number of rotatable bonds is 6. The number of anilines is 2. The second-order valence-corrected chi connectivity index (χ2v) is 7.91. The summed E-state index contributed by atoms with van der Waals surface area (Å²) in [4.78, 5) is 37.0. The Morgan fingerprint density at radius 3 is 2.06 bits per heavy atom. The van der Waals surface area contributed by atoms with Gasteiger partial charge < -0.3 is 5.32 Å². The quantitative estimate of drug-likeness (QED) is 0.431. The van der Waals surface area contributed by atoms with Gasteiger partial charge in [0.15, 0.2) is 0 Å². The Labute approximate surface area is 197 Å². The van der Waals surface area contributed by atoms with Crippen LogP contribution >= 0.6 is 0 Å². The predicted octanol–water partition coefficient (Wildman–Crippen LogP) is 5.26. The predicted molar refractivity (Wildman–Crippen MR) is 129 cm³/mol. The van der Waals surface area contributed by atoms with Gasteiger partial charge >= 0.3 is 0 Å². The normalized spacial score (nSPS) is 11.5. The fourth-order valence-corrected chi connectivity index (χ4v) is 3.53. The van der Waals surface area contributed by atoms with Gasteiger partial charge in [-0.1, -0.05) is 47.5 Å². The summed E-state index contributed by atoms with van der Waals surface area (Å²) in [5.41, 5.74) is 3.69. The van der Waals surface area contributed by atoms with Crippen molar-refractivity contribution in [1.29, 1.82) is 0 Å². The van der Waals surface area contributed by atoms with Crippen molar-refractivity contribution in [3.63, 3.8) is 0 Å². The number of aryl methyl sites for hydroxylation is 2. The average molecular weight is 455 g/mol. The zero-order valence-electron chi connectivity index (χ0n) is 18.8. The van der Waals surface area contributed by atoms with Crippen molar-refractivity contribution in [3.8, 4) is 0 Å². The third kappa shape index (κ3) is 5.15. The highest BCUT2D eigenvalue weighted by atomic mass is 19.1. The molecule has 170 valence electrons. The van der Waals surface area contributed by atoms with Crippen LogP contribution in [-0.4, -0.2) is 21.8 Å². The highest BCUT2D eigenvalue weighted by Crippen LogP contribution is 2.31. The van der Waals surface area contributed by atoms with Crippen molar-refractivity contribution < 1.29 is 14.0 Å². The summed E-state index contributed by atoms with van der Waals surface area (Å²) >= 11 is 0. The SMILES string of the molecule is Cc1ccc(C(C(=O)Nc2ccc(F)cc2)N(C(=O)c2cnccn2)c2ccc(C)cc2)cc1. The molecule has 1 unspecified atom stereocenters. The van der Waals surface area contributed by atoms with Crippen LogP contribution in [0.5, 0.6) is 0 Å². The molecule has 0 aliphatic carbocycles. The summed E-state index contributed by atoms with van der Waals surface area (Å²) in [6.07, 6.45) is 4.28. The van der Waals surface area contributed by atoms with E-state index in [-0.39, 0.29) is 5.69 Å². The van der Waals surface area contributed by atoms with Crippen LogP contribution in [0.1, 0.15) is 33.2 Å². The van der Waals surface area contributed by atoms with E-state index in [1.807, 2.05) is 50.2 Å². The number of amides is 2. The molecule has 0 fully saturated rings. The molecule has 1 aromatic heterocycles. The molecular weight excluding hydrogens is 431 g/mol. The minimum absolute atomic E-state index is 0.106.